The number of hydrogen-bond donors (Lipinski definition) is 0. The van der Waals surface area contributed by atoms with Crippen molar-refractivity contribution in [2.24, 2.45) is 5.92 Å². The van der Waals surface area contributed by atoms with Crippen LogP contribution in [0.15, 0.2) is 24.5 Å². The molecule has 0 aliphatic heterocycles. The average Bonchev–Trinajstić information content (AvgIpc) is 3.05. The van der Waals surface area contributed by atoms with Gasteiger partial charge in [-0.1, -0.05) is 0 Å². The molecule has 1 fully saturated rings. The van der Waals surface area contributed by atoms with E-state index in [9.17, 15) is 4.79 Å². The molecule has 1 amide bonds. The second-order valence-electron chi connectivity index (χ2n) is 5.22. The molecule has 0 saturated heterocycles. The average molecular weight is 243 g/mol. The Hall–Kier alpha value is -1.84. The second-order valence-corrected chi connectivity index (χ2v) is 5.22. The van der Waals surface area contributed by atoms with E-state index >= 15 is 0 Å². The third-order valence-electron chi connectivity index (χ3n) is 3.41. The van der Waals surface area contributed by atoms with Gasteiger partial charge in [0.25, 0.3) is 5.91 Å². The van der Waals surface area contributed by atoms with E-state index in [1.54, 1.807) is 11.1 Å². The first-order valence-corrected chi connectivity index (χ1v) is 6.34. The normalized spacial score (nSPS) is 15.0. The van der Waals surface area contributed by atoms with Crippen LogP contribution in [-0.2, 0) is 0 Å². The molecule has 0 atom stereocenters. The molecule has 0 bridgehead atoms. The maximum absolute atomic E-state index is 12.2. The minimum atomic E-state index is 0.0169. The third kappa shape index (κ3) is 2.10. The predicted molar refractivity (Wildman–Crippen MR) is 69.6 cm³/mol. The summed E-state index contributed by atoms with van der Waals surface area (Å²) < 4.78 is 1.89. The monoisotopic (exact) mass is 243 g/mol. The van der Waals surface area contributed by atoms with Gasteiger partial charge in [-0.15, -0.1) is 0 Å². The van der Waals surface area contributed by atoms with Crippen LogP contribution in [0.3, 0.4) is 0 Å². The number of carbonyl (C=O) groups is 1. The van der Waals surface area contributed by atoms with Crippen molar-refractivity contribution in [3.8, 4) is 0 Å². The number of pyridine rings is 1. The number of hydrogen-bond acceptors (Lipinski definition) is 2. The summed E-state index contributed by atoms with van der Waals surface area (Å²) in [5.74, 6) is 0.724. The summed E-state index contributed by atoms with van der Waals surface area (Å²) >= 11 is 0. The zero-order chi connectivity index (χ0) is 12.7. The Bertz CT molecular complexity index is 598. The molecule has 0 N–H and O–H groups in total. The standard InChI is InChI=1S/C14H17N3O/c1-10-5-6-17-9-12(15-13(17)7-10)14(18)16(2)8-11-3-4-11/h5-7,9,11H,3-4,8H2,1-2H3. The van der Waals surface area contributed by atoms with Gasteiger partial charge in [0.1, 0.15) is 11.3 Å². The van der Waals surface area contributed by atoms with Crippen molar-refractivity contribution < 1.29 is 4.79 Å². The van der Waals surface area contributed by atoms with E-state index in [0.717, 1.165) is 17.8 Å². The topological polar surface area (TPSA) is 37.6 Å². The summed E-state index contributed by atoms with van der Waals surface area (Å²) in [4.78, 5) is 18.4. The lowest BCUT2D eigenvalue weighted by Crippen LogP contribution is -2.28. The maximum atomic E-state index is 12.2. The van der Waals surface area contributed by atoms with Gasteiger partial charge in [-0.2, -0.15) is 0 Å². The lowest BCUT2D eigenvalue weighted by Gasteiger charge is -2.14. The Morgan fingerprint density at radius 2 is 2.33 bits per heavy atom. The van der Waals surface area contributed by atoms with Crippen molar-refractivity contribution in [1.82, 2.24) is 14.3 Å². The number of nitrogens with zero attached hydrogens (tertiary/aromatic N) is 3. The van der Waals surface area contributed by atoms with E-state index < -0.39 is 0 Å². The Morgan fingerprint density at radius 3 is 3.06 bits per heavy atom. The first-order valence-electron chi connectivity index (χ1n) is 6.34. The van der Waals surface area contributed by atoms with E-state index in [0.29, 0.717) is 11.6 Å². The minimum Gasteiger partial charge on any atom is -0.340 e. The molecule has 2 heterocycles. The fourth-order valence-electron chi connectivity index (χ4n) is 2.15. The molecule has 0 aromatic carbocycles. The quantitative estimate of drug-likeness (QED) is 0.828. The highest BCUT2D eigenvalue weighted by Gasteiger charge is 2.26. The van der Waals surface area contributed by atoms with Crippen molar-refractivity contribution in [3.05, 3.63) is 35.8 Å². The Balaban J connectivity index is 1.86. The van der Waals surface area contributed by atoms with E-state index in [4.69, 9.17) is 0 Å². The number of fused-ring (bicyclic) bond motifs is 1. The first-order chi connectivity index (χ1) is 8.63. The summed E-state index contributed by atoms with van der Waals surface area (Å²) in [5, 5.41) is 0. The van der Waals surface area contributed by atoms with E-state index in [2.05, 4.69) is 4.98 Å². The van der Waals surface area contributed by atoms with Crippen molar-refractivity contribution in [2.45, 2.75) is 19.8 Å². The maximum Gasteiger partial charge on any atom is 0.273 e. The fraction of sp³-hybridized carbons (Fsp3) is 0.429. The van der Waals surface area contributed by atoms with Gasteiger partial charge in [-0.3, -0.25) is 4.79 Å². The molecule has 0 radical (unpaired) electrons. The number of aryl methyl sites for hydroxylation is 1. The van der Waals surface area contributed by atoms with Gasteiger partial charge in [0.05, 0.1) is 0 Å². The molecule has 4 nitrogen and oxygen atoms in total. The number of rotatable bonds is 3. The van der Waals surface area contributed by atoms with Crippen LogP contribution in [0.4, 0.5) is 0 Å². The molecule has 1 saturated carbocycles. The molecule has 0 unspecified atom stereocenters. The van der Waals surface area contributed by atoms with Crippen molar-refractivity contribution in [1.29, 1.82) is 0 Å². The van der Waals surface area contributed by atoms with E-state index in [-0.39, 0.29) is 5.91 Å². The minimum absolute atomic E-state index is 0.0169. The number of amides is 1. The fourth-order valence-corrected chi connectivity index (χ4v) is 2.15. The molecule has 18 heavy (non-hydrogen) atoms. The molecule has 3 rings (SSSR count). The van der Waals surface area contributed by atoms with Crippen LogP contribution in [0.25, 0.3) is 5.65 Å². The zero-order valence-corrected chi connectivity index (χ0v) is 10.8. The summed E-state index contributed by atoms with van der Waals surface area (Å²) in [5.41, 5.74) is 2.51. The summed E-state index contributed by atoms with van der Waals surface area (Å²) in [7, 11) is 1.86. The van der Waals surface area contributed by atoms with Crippen LogP contribution >= 0.6 is 0 Å². The van der Waals surface area contributed by atoms with E-state index in [1.807, 2.05) is 36.7 Å². The summed E-state index contributed by atoms with van der Waals surface area (Å²) in [6.07, 6.45) is 6.25. The van der Waals surface area contributed by atoms with E-state index in [1.165, 1.54) is 12.8 Å². The highest BCUT2D eigenvalue weighted by molar-refractivity contribution is 5.92. The molecule has 2 aromatic heterocycles. The molecule has 1 aliphatic rings. The Kier molecular flexibility index (Phi) is 2.58. The number of imidazole rings is 1. The molecule has 94 valence electrons. The van der Waals surface area contributed by atoms with Crippen LogP contribution in [0, 0.1) is 12.8 Å². The second kappa shape index (κ2) is 4.12. The smallest absolute Gasteiger partial charge is 0.273 e. The highest BCUT2D eigenvalue weighted by Crippen LogP contribution is 2.29. The van der Waals surface area contributed by atoms with Crippen LogP contribution in [0.1, 0.15) is 28.9 Å². The van der Waals surface area contributed by atoms with Crippen LogP contribution < -0.4 is 0 Å². The van der Waals surface area contributed by atoms with Crippen molar-refractivity contribution in [3.63, 3.8) is 0 Å². The van der Waals surface area contributed by atoms with Crippen molar-refractivity contribution >= 4 is 11.6 Å². The van der Waals surface area contributed by atoms with Gasteiger partial charge >= 0.3 is 0 Å². The summed E-state index contributed by atoms with van der Waals surface area (Å²) in [6.45, 7) is 2.88. The lowest BCUT2D eigenvalue weighted by atomic mass is 10.3. The first kappa shape index (κ1) is 11.3. The van der Waals surface area contributed by atoms with Crippen molar-refractivity contribution in [2.75, 3.05) is 13.6 Å². The highest BCUT2D eigenvalue weighted by atomic mass is 16.2. The van der Waals surface area contributed by atoms with Gasteiger partial charge in [0.2, 0.25) is 0 Å². The molecule has 4 heteroatoms. The third-order valence-corrected chi connectivity index (χ3v) is 3.41. The molecule has 0 spiro atoms. The van der Waals surface area contributed by atoms with Crippen LogP contribution in [0.2, 0.25) is 0 Å². The zero-order valence-electron chi connectivity index (χ0n) is 10.8. The van der Waals surface area contributed by atoms with Gasteiger partial charge < -0.3 is 9.30 Å². The molecule has 1 aliphatic carbocycles. The Labute approximate surface area is 106 Å². The molecular formula is C14H17N3O. The SMILES string of the molecule is Cc1ccn2cc(C(=O)N(C)CC3CC3)nc2c1. The largest absolute Gasteiger partial charge is 0.340 e. The molecular weight excluding hydrogens is 226 g/mol. The Morgan fingerprint density at radius 1 is 1.56 bits per heavy atom. The number of carbonyl (C=O) groups excluding carboxylic acids is 1. The van der Waals surface area contributed by atoms with Gasteiger partial charge in [0, 0.05) is 26.0 Å². The predicted octanol–water partition coefficient (Wildman–Crippen LogP) is 2.12. The molecule has 2 aromatic rings. The lowest BCUT2D eigenvalue weighted by molar-refractivity contribution is 0.0783. The van der Waals surface area contributed by atoms with Crippen LogP contribution in [0.5, 0.6) is 0 Å². The van der Waals surface area contributed by atoms with Gasteiger partial charge in [-0.05, 0) is 43.4 Å². The van der Waals surface area contributed by atoms with Gasteiger partial charge in [0.15, 0.2) is 0 Å². The van der Waals surface area contributed by atoms with Crippen LogP contribution in [-0.4, -0.2) is 33.8 Å². The van der Waals surface area contributed by atoms with Gasteiger partial charge in [-0.25, -0.2) is 4.98 Å². The number of aromatic nitrogens is 2. The summed E-state index contributed by atoms with van der Waals surface area (Å²) in [6, 6.07) is 3.99.